The fraction of sp³-hybridized carbons (Fsp3) is 0.419. The van der Waals surface area contributed by atoms with E-state index in [0.29, 0.717) is 41.0 Å². The summed E-state index contributed by atoms with van der Waals surface area (Å²) >= 11 is 0. The first kappa shape index (κ1) is 25.0. The van der Waals surface area contributed by atoms with E-state index < -0.39 is 0 Å². The molecule has 2 fully saturated rings. The highest BCUT2D eigenvalue weighted by molar-refractivity contribution is 6.02. The Balaban J connectivity index is 1.50. The number of aryl methyl sites for hydroxylation is 2. The summed E-state index contributed by atoms with van der Waals surface area (Å²) in [6, 6.07) is 14.1. The van der Waals surface area contributed by atoms with E-state index in [-0.39, 0.29) is 11.6 Å². The molecule has 38 heavy (non-hydrogen) atoms. The molecule has 3 heterocycles. The van der Waals surface area contributed by atoms with Gasteiger partial charge in [-0.15, -0.1) is 0 Å². The zero-order chi connectivity index (χ0) is 26.4. The second-order valence-corrected chi connectivity index (χ2v) is 11.3. The van der Waals surface area contributed by atoms with Gasteiger partial charge >= 0.3 is 0 Å². The molecule has 4 aromatic rings. The van der Waals surface area contributed by atoms with Crippen LogP contribution in [0.5, 0.6) is 5.75 Å². The molecule has 2 saturated heterocycles. The molecule has 7 heteroatoms. The van der Waals surface area contributed by atoms with Crippen molar-refractivity contribution in [3.8, 4) is 16.9 Å². The average molecular weight is 514 g/mol. The molecular formula is C31H36FN5O. The summed E-state index contributed by atoms with van der Waals surface area (Å²) in [6.07, 6.45) is 5.05. The second kappa shape index (κ2) is 10.1. The van der Waals surface area contributed by atoms with Crippen LogP contribution in [0.2, 0.25) is 0 Å². The van der Waals surface area contributed by atoms with Crippen LogP contribution >= 0.6 is 0 Å². The molecule has 2 aliphatic rings. The van der Waals surface area contributed by atoms with E-state index in [9.17, 15) is 5.11 Å². The highest BCUT2D eigenvalue weighted by Crippen LogP contribution is 2.40. The lowest BCUT2D eigenvalue weighted by Crippen LogP contribution is -2.51. The van der Waals surface area contributed by atoms with Crippen LogP contribution in [0.25, 0.3) is 32.8 Å². The van der Waals surface area contributed by atoms with Crippen molar-refractivity contribution in [1.29, 1.82) is 0 Å². The number of phenols is 1. The van der Waals surface area contributed by atoms with Gasteiger partial charge in [-0.25, -0.2) is 14.4 Å². The first-order valence-electron chi connectivity index (χ1n) is 13.7. The topological polar surface area (TPSA) is 64.5 Å². The average Bonchev–Trinajstić information content (AvgIpc) is 3.23. The highest BCUT2D eigenvalue weighted by Gasteiger charge is 2.34. The third-order valence-corrected chi connectivity index (χ3v) is 8.04. The van der Waals surface area contributed by atoms with Gasteiger partial charge in [0.15, 0.2) is 5.82 Å². The molecule has 6 rings (SSSR count). The number of rotatable bonds is 7. The van der Waals surface area contributed by atoms with Crippen molar-refractivity contribution in [3.05, 3.63) is 59.7 Å². The minimum absolute atomic E-state index is 0.124. The third kappa shape index (κ3) is 4.69. The van der Waals surface area contributed by atoms with Gasteiger partial charge in [0.25, 0.3) is 0 Å². The van der Waals surface area contributed by atoms with Gasteiger partial charge in [0, 0.05) is 42.5 Å². The molecule has 2 bridgehead atoms. The molecule has 198 valence electrons. The minimum atomic E-state index is -0.341. The van der Waals surface area contributed by atoms with Gasteiger partial charge in [-0.1, -0.05) is 24.3 Å². The molecule has 0 saturated carbocycles. The lowest BCUT2D eigenvalue weighted by Gasteiger charge is -2.34. The molecule has 2 unspecified atom stereocenters. The first-order valence-corrected chi connectivity index (χ1v) is 13.7. The van der Waals surface area contributed by atoms with Crippen LogP contribution in [0, 0.1) is 12.7 Å². The van der Waals surface area contributed by atoms with Crippen LogP contribution in [-0.2, 0) is 6.42 Å². The first-order chi connectivity index (χ1) is 18.4. The van der Waals surface area contributed by atoms with Crippen molar-refractivity contribution in [2.45, 2.75) is 51.1 Å². The van der Waals surface area contributed by atoms with Gasteiger partial charge in [-0.2, -0.15) is 0 Å². The Labute approximate surface area is 223 Å². The molecule has 0 aliphatic carbocycles. The number of unbranched alkanes of at least 4 members (excludes halogenated alkanes) is 1. The third-order valence-electron chi connectivity index (χ3n) is 8.04. The van der Waals surface area contributed by atoms with Crippen molar-refractivity contribution >= 4 is 27.5 Å². The summed E-state index contributed by atoms with van der Waals surface area (Å²) in [5.41, 5.74) is 2.36. The van der Waals surface area contributed by atoms with Gasteiger partial charge in [0.2, 0.25) is 0 Å². The molecule has 2 atom stereocenters. The number of anilines is 1. The van der Waals surface area contributed by atoms with Crippen LogP contribution in [0.3, 0.4) is 0 Å². The van der Waals surface area contributed by atoms with Crippen molar-refractivity contribution in [2.75, 3.05) is 38.6 Å². The number of aromatic nitrogens is 2. The zero-order valence-corrected chi connectivity index (χ0v) is 22.5. The van der Waals surface area contributed by atoms with Gasteiger partial charge in [-0.05, 0) is 93.3 Å². The van der Waals surface area contributed by atoms with Crippen molar-refractivity contribution in [1.82, 2.24) is 20.2 Å². The van der Waals surface area contributed by atoms with E-state index in [1.54, 1.807) is 12.1 Å². The standard InChI is InChI=1S/C31H36FN5O/c1-19-14-26-30(29(32)28(19)25-16-23(38)15-20-8-4-5-9-24(20)25)34-27(10-6-7-13-36(2)3)35-31(26)37-17-21-11-12-22(18-37)33-21/h4-5,8-9,14-16,21-22,33,38H,6-7,10-13,17-18H2,1-3H3. The highest BCUT2D eigenvalue weighted by atomic mass is 19.1. The summed E-state index contributed by atoms with van der Waals surface area (Å²) in [4.78, 5) is 14.4. The van der Waals surface area contributed by atoms with E-state index in [0.717, 1.165) is 60.0 Å². The number of halogens is 1. The number of hydrogen-bond acceptors (Lipinski definition) is 6. The van der Waals surface area contributed by atoms with Gasteiger partial charge < -0.3 is 20.2 Å². The summed E-state index contributed by atoms with van der Waals surface area (Å²) in [7, 11) is 4.15. The monoisotopic (exact) mass is 513 g/mol. The molecule has 6 nitrogen and oxygen atoms in total. The van der Waals surface area contributed by atoms with E-state index in [4.69, 9.17) is 9.97 Å². The predicted molar refractivity (Wildman–Crippen MR) is 152 cm³/mol. The van der Waals surface area contributed by atoms with E-state index in [2.05, 4.69) is 29.2 Å². The maximum Gasteiger partial charge on any atom is 0.157 e. The normalized spacial score (nSPS) is 19.2. The second-order valence-electron chi connectivity index (χ2n) is 11.3. The Morgan fingerprint density at radius 2 is 1.79 bits per heavy atom. The fourth-order valence-corrected chi connectivity index (χ4v) is 6.25. The maximum atomic E-state index is 16.7. The van der Waals surface area contributed by atoms with E-state index >= 15 is 4.39 Å². The summed E-state index contributed by atoms with van der Waals surface area (Å²) < 4.78 is 16.7. The maximum absolute atomic E-state index is 16.7. The molecule has 0 radical (unpaired) electrons. The fourth-order valence-electron chi connectivity index (χ4n) is 6.25. The van der Waals surface area contributed by atoms with E-state index in [1.165, 1.54) is 12.8 Å². The molecule has 0 amide bonds. The Hall–Kier alpha value is -3.29. The lowest BCUT2D eigenvalue weighted by molar-refractivity contribution is 0.393. The number of benzene rings is 3. The number of piperazine rings is 1. The van der Waals surface area contributed by atoms with Crippen molar-refractivity contribution < 1.29 is 9.50 Å². The number of nitrogens with one attached hydrogen (secondary N) is 1. The van der Waals surface area contributed by atoms with Crippen LogP contribution in [-0.4, -0.2) is 65.8 Å². The number of fused-ring (bicyclic) bond motifs is 4. The van der Waals surface area contributed by atoms with E-state index in [1.807, 2.05) is 37.3 Å². The summed E-state index contributed by atoms with van der Waals surface area (Å²) in [5, 5.41) is 16.7. The van der Waals surface area contributed by atoms with Crippen LogP contribution < -0.4 is 10.2 Å². The minimum Gasteiger partial charge on any atom is -0.508 e. The smallest absolute Gasteiger partial charge is 0.157 e. The molecule has 0 spiro atoms. The van der Waals surface area contributed by atoms with Crippen LogP contribution in [0.1, 0.15) is 37.1 Å². The summed E-state index contributed by atoms with van der Waals surface area (Å²) in [5.74, 6) is 1.34. The Morgan fingerprint density at radius 3 is 2.55 bits per heavy atom. The molecule has 2 aliphatic heterocycles. The molecular weight excluding hydrogens is 477 g/mol. The zero-order valence-electron chi connectivity index (χ0n) is 22.5. The van der Waals surface area contributed by atoms with Crippen molar-refractivity contribution in [2.24, 2.45) is 0 Å². The van der Waals surface area contributed by atoms with Gasteiger partial charge in [-0.3, -0.25) is 0 Å². The SMILES string of the molecule is Cc1cc2c(N3CC4CCC(C3)N4)nc(CCCCN(C)C)nc2c(F)c1-c1cc(O)cc2ccccc12. The number of aromatic hydroxyl groups is 1. The Kier molecular flexibility index (Phi) is 6.66. The van der Waals surface area contributed by atoms with Gasteiger partial charge in [0.05, 0.1) is 0 Å². The molecule has 2 N–H and O–H groups in total. The molecule has 3 aromatic carbocycles. The van der Waals surface area contributed by atoms with Crippen molar-refractivity contribution in [3.63, 3.8) is 0 Å². The van der Waals surface area contributed by atoms with Crippen LogP contribution in [0.15, 0.2) is 42.5 Å². The summed E-state index contributed by atoms with van der Waals surface area (Å²) in [6.45, 7) is 4.70. The molecule has 1 aromatic heterocycles. The number of hydrogen-bond donors (Lipinski definition) is 2. The number of phenolic OH excluding ortho intramolecular Hbond substituents is 1. The Bertz CT molecular complexity index is 1490. The lowest BCUT2D eigenvalue weighted by atomic mass is 9.92. The Morgan fingerprint density at radius 1 is 1.03 bits per heavy atom. The quantitative estimate of drug-likeness (QED) is 0.322. The predicted octanol–water partition coefficient (Wildman–Crippen LogP) is 5.43. The number of nitrogens with zero attached hydrogens (tertiary/aromatic N) is 4. The van der Waals surface area contributed by atoms with Gasteiger partial charge in [0.1, 0.15) is 22.9 Å². The largest absolute Gasteiger partial charge is 0.508 e. The van der Waals surface area contributed by atoms with Crippen LogP contribution in [0.4, 0.5) is 10.2 Å².